The second-order valence-corrected chi connectivity index (χ2v) is 5.58. The van der Waals surface area contributed by atoms with Gasteiger partial charge in [-0.1, -0.05) is 0 Å². The van der Waals surface area contributed by atoms with Crippen molar-refractivity contribution in [1.82, 2.24) is 0 Å². The first-order valence-corrected chi connectivity index (χ1v) is 6.97. The molecule has 1 aromatic rings. The van der Waals surface area contributed by atoms with Crippen molar-refractivity contribution in [3.05, 3.63) is 29.8 Å². The van der Waals surface area contributed by atoms with Gasteiger partial charge < -0.3 is 20.1 Å². The number of hydrogen-bond acceptors (Lipinski definition) is 6. The second-order valence-electron chi connectivity index (χ2n) is 4.45. The van der Waals surface area contributed by atoms with Crippen LogP contribution in [-0.2, 0) is 0 Å². The lowest BCUT2D eigenvalue weighted by Crippen LogP contribution is -2.50. The molecule has 0 unspecified atom stereocenters. The van der Waals surface area contributed by atoms with Gasteiger partial charge in [0.05, 0.1) is 6.10 Å². The second kappa shape index (κ2) is 5.92. The molecule has 0 amide bonds. The number of ether oxygens (including phenoxy) is 1. The van der Waals surface area contributed by atoms with Crippen molar-refractivity contribution < 1.29 is 24.9 Å². The number of benzene rings is 1. The van der Waals surface area contributed by atoms with Crippen molar-refractivity contribution in [2.45, 2.75) is 30.7 Å². The monoisotopic (exact) mass is 284 g/mol. The third kappa shape index (κ3) is 3.27. The van der Waals surface area contributed by atoms with Crippen molar-refractivity contribution in [3.8, 4) is 5.75 Å². The Hall–Kier alpha value is -1.08. The lowest BCUT2D eigenvalue weighted by atomic mass is 10.1. The Kier molecular flexibility index (Phi) is 4.46. The average Bonchev–Trinajstić information content (AvgIpc) is 2.40. The summed E-state index contributed by atoms with van der Waals surface area (Å²) in [5, 5.41) is 28.8. The van der Waals surface area contributed by atoms with Gasteiger partial charge >= 0.3 is 0 Å². The first-order valence-electron chi connectivity index (χ1n) is 5.92. The van der Waals surface area contributed by atoms with Crippen LogP contribution in [-0.4, -0.2) is 50.6 Å². The lowest BCUT2D eigenvalue weighted by molar-refractivity contribution is -0.0786. The smallest absolute Gasteiger partial charge is 0.173 e. The number of ketones is 1. The zero-order valence-corrected chi connectivity index (χ0v) is 11.2. The molecule has 3 N–H and O–H groups in total. The Morgan fingerprint density at radius 2 is 1.84 bits per heavy atom. The predicted molar refractivity (Wildman–Crippen MR) is 71.3 cm³/mol. The van der Waals surface area contributed by atoms with Gasteiger partial charge in [-0.15, -0.1) is 11.8 Å². The molecule has 1 aliphatic rings. The highest BCUT2D eigenvalue weighted by atomic mass is 32.2. The first-order chi connectivity index (χ1) is 8.99. The molecule has 0 aromatic heterocycles. The first kappa shape index (κ1) is 14.3. The average molecular weight is 284 g/mol. The Morgan fingerprint density at radius 1 is 1.21 bits per heavy atom. The zero-order valence-electron chi connectivity index (χ0n) is 10.4. The van der Waals surface area contributed by atoms with Gasteiger partial charge in [-0.25, -0.2) is 0 Å². The molecule has 5 nitrogen and oxygen atoms in total. The van der Waals surface area contributed by atoms with E-state index in [4.69, 9.17) is 4.74 Å². The van der Waals surface area contributed by atoms with Gasteiger partial charge in [0.2, 0.25) is 0 Å². The third-order valence-electron chi connectivity index (χ3n) is 2.97. The molecular weight excluding hydrogens is 268 g/mol. The Bertz CT molecular complexity index is 447. The van der Waals surface area contributed by atoms with E-state index in [2.05, 4.69) is 0 Å². The minimum absolute atomic E-state index is 0.0304. The summed E-state index contributed by atoms with van der Waals surface area (Å²) >= 11 is 1.24. The molecule has 0 radical (unpaired) electrons. The van der Waals surface area contributed by atoms with Crippen LogP contribution in [0, 0.1) is 0 Å². The number of aliphatic hydroxyl groups is 3. The molecule has 1 saturated heterocycles. The molecule has 0 aliphatic carbocycles. The van der Waals surface area contributed by atoms with Crippen LogP contribution in [0.2, 0.25) is 0 Å². The summed E-state index contributed by atoms with van der Waals surface area (Å²) in [6.07, 6.45) is -3.30. The molecule has 19 heavy (non-hydrogen) atoms. The van der Waals surface area contributed by atoms with Crippen LogP contribution in [0.25, 0.3) is 0 Å². The van der Waals surface area contributed by atoms with Crippen LogP contribution in [0.3, 0.4) is 0 Å². The quantitative estimate of drug-likeness (QED) is 0.698. The fraction of sp³-hybridized carbons (Fsp3) is 0.462. The number of carbonyl (C=O) groups excluding carboxylic acids is 1. The Morgan fingerprint density at radius 3 is 2.42 bits per heavy atom. The minimum atomic E-state index is -1.21. The number of carbonyl (C=O) groups is 1. The number of thioether (sulfide) groups is 1. The summed E-state index contributed by atoms with van der Waals surface area (Å²) in [5.41, 5.74) is -0.0544. The maximum absolute atomic E-state index is 11.1. The van der Waals surface area contributed by atoms with Gasteiger partial charge in [0, 0.05) is 11.3 Å². The van der Waals surface area contributed by atoms with E-state index in [1.807, 2.05) is 0 Å². The normalized spacial score (nSPS) is 30.9. The Balaban J connectivity index is 2.03. The summed E-state index contributed by atoms with van der Waals surface area (Å²) in [7, 11) is 0. The highest BCUT2D eigenvalue weighted by molar-refractivity contribution is 7.99. The maximum Gasteiger partial charge on any atom is 0.173 e. The fourth-order valence-corrected chi connectivity index (χ4v) is 2.91. The Labute approximate surface area is 115 Å². The van der Waals surface area contributed by atoms with E-state index >= 15 is 0 Å². The molecule has 6 heteroatoms. The van der Waals surface area contributed by atoms with E-state index in [1.165, 1.54) is 18.7 Å². The minimum Gasteiger partial charge on any atom is -0.477 e. The van der Waals surface area contributed by atoms with E-state index < -0.39 is 23.7 Å². The van der Waals surface area contributed by atoms with Crippen LogP contribution in [0.5, 0.6) is 5.75 Å². The highest BCUT2D eigenvalue weighted by Crippen LogP contribution is 2.29. The van der Waals surface area contributed by atoms with Gasteiger partial charge in [0.25, 0.3) is 0 Å². The van der Waals surface area contributed by atoms with Gasteiger partial charge in [0.1, 0.15) is 18.0 Å². The van der Waals surface area contributed by atoms with Crippen molar-refractivity contribution in [3.63, 3.8) is 0 Å². The topological polar surface area (TPSA) is 87.0 Å². The maximum atomic E-state index is 11.1. The van der Waals surface area contributed by atoms with Crippen molar-refractivity contribution in [2.75, 3.05) is 5.75 Å². The predicted octanol–water partition coefficient (Wildman–Crippen LogP) is 0.424. The number of aliphatic hydroxyl groups excluding tert-OH is 3. The highest BCUT2D eigenvalue weighted by Gasteiger charge is 2.38. The molecule has 0 saturated carbocycles. The van der Waals surface area contributed by atoms with Crippen LogP contribution in [0.15, 0.2) is 24.3 Å². The van der Waals surface area contributed by atoms with Gasteiger partial charge in [0.15, 0.2) is 11.2 Å². The summed E-state index contributed by atoms with van der Waals surface area (Å²) in [6.45, 7) is 1.48. The summed E-state index contributed by atoms with van der Waals surface area (Å²) in [4.78, 5) is 11.1. The summed E-state index contributed by atoms with van der Waals surface area (Å²) < 4.78 is 5.55. The van der Waals surface area contributed by atoms with Crippen molar-refractivity contribution in [1.29, 1.82) is 0 Å². The number of rotatable bonds is 3. The van der Waals surface area contributed by atoms with Crippen LogP contribution < -0.4 is 4.74 Å². The van der Waals surface area contributed by atoms with Crippen molar-refractivity contribution >= 4 is 17.5 Å². The fourth-order valence-electron chi connectivity index (χ4n) is 1.79. The molecule has 4 atom stereocenters. The van der Waals surface area contributed by atoms with Crippen molar-refractivity contribution in [2.24, 2.45) is 0 Å². The van der Waals surface area contributed by atoms with E-state index in [-0.39, 0.29) is 5.78 Å². The molecule has 1 aliphatic heterocycles. The molecule has 1 fully saturated rings. The van der Waals surface area contributed by atoms with Gasteiger partial charge in [-0.3, -0.25) is 4.79 Å². The number of Topliss-reactive ketones (excluding diaryl/α,β-unsaturated/α-hetero) is 1. The molecule has 1 heterocycles. The standard InChI is InChI=1S/C13H16O5S/c1-7(14)8-2-4-9(5-3-8)18-13-12(17)11(16)10(15)6-19-13/h2-5,10-13,15-17H,6H2,1H3/t10-,11+,12-,13+/m1/s1. The van der Waals surface area contributed by atoms with E-state index in [0.29, 0.717) is 17.1 Å². The van der Waals surface area contributed by atoms with Crippen LogP contribution >= 0.6 is 11.8 Å². The molecule has 104 valence electrons. The molecule has 0 spiro atoms. The molecular formula is C13H16O5S. The SMILES string of the molecule is CC(=O)c1ccc(O[C@H]2SC[C@@H](O)[C@H](O)[C@H]2O)cc1. The number of hydrogen-bond donors (Lipinski definition) is 3. The molecule has 2 rings (SSSR count). The van der Waals surface area contributed by atoms with Crippen LogP contribution in [0.4, 0.5) is 0 Å². The van der Waals surface area contributed by atoms with Gasteiger partial charge in [-0.05, 0) is 31.2 Å². The molecule has 0 bridgehead atoms. The third-order valence-corrected chi connectivity index (χ3v) is 4.20. The van der Waals surface area contributed by atoms with Gasteiger partial charge in [-0.2, -0.15) is 0 Å². The van der Waals surface area contributed by atoms with Crippen LogP contribution in [0.1, 0.15) is 17.3 Å². The van der Waals surface area contributed by atoms with E-state index in [1.54, 1.807) is 24.3 Å². The summed E-state index contributed by atoms with van der Waals surface area (Å²) in [6, 6.07) is 6.56. The molecule has 1 aromatic carbocycles. The van der Waals surface area contributed by atoms with E-state index in [9.17, 15) is 20.1 Å². The largest absolute Gasteiger partial charge is 0.477 e. The van der Waals surface area contributed by atoms with E-state index in [0.717, 1.165) is 0 Å². The lowest BCUT2D eigenvalue weighted by Gasteiger charge is -2.34. The summed E-state index contributed by atoms with van der Waals surface area (Å²) in [5.74, 6) is 0.774. The zero-order chi connectivity index (χ0) is 14.0.